The maximum Gasteiger partial charge on any atom is 0.269 e. The van der Waals surface area contributed by atoms with Crippen molar-refractivity contribution >= 4 is 23.1 Å². The van der Waals surface area contributed by atoms with Crippen LogP contribution in [0.15, 0.2) is 59.8 Å². The van der Waals surface area contributed by atoms with E-state index in [4.69, 9.17) is 0 Å². The van der Waals surface area contributed by atoms with Gasteiger partial charge in [0.1, 0.15) is 5.82 Å². The summed E-state index contributed by atoms with van der Waals surface area (Å²) in [6, 6.07) is 11.9. The second-order valence-corrected chi connectivity index (χ2v) is 6.92. The van der Waals surface area contributed by atoms with Crippen LogP contribution in [0.1, 0.15) is 37.2 Å². The Labute approximate surface area is 160 Å². The number of anilines is 1. The van der Waals surface area contributed by atoms with Gasteiger partial charge >= 0.3 is 0 Å². The first-order valence-electron chi connectivity index (χ1n) is 9.05. The van der Waals surface area contributed by atoms with Gasteiger partial charge in [-0.3, -0.25) is 24.6 Å². The number of non-ortho nitro benzene ring substituents is 1. The van der Waals surface area contributed by atoms with Crippen LogP contribution in [-0.2, 0) is 9.59 Å². The van der Waals surface area contributed by atoms with Gasteiger partial charge in [0.2, 0.25) is 5.91 Å². The number of hydrogen-bond acceptors (Lipinski definition) is 4. The van der Waals surface area contributed by atoms with Crippen molar-refractivity contribution in [1.29, 1.82) is 0 Å². The molecule has 0 radical (unpaired) electrons. The van der Waals surface area contributed by atoms with Crippen LogP contribution in [0.25, 0.3) is 0 Å². The Morgan fingerprint density at radius 1 is 1.04 bits per heavy atom. The molecule has 2 aliphatic rings. The zero-order valence-electron chi connectivity index (χ0n) is 14.9. The lowest BCUT2D eigenvalue weighted by atomic mass is 9.77. The highest BCUT2D eigenvalue weighted by Gasteiger charge is 2.40. The van der Waals surface area contributed by atoms with E-state index in [9.17, 15) is 24.1 Å². The zero-order valence-corrected chi connectivity index (χ0v) is 14.9. The topological polar surface area (TPSA) is 80.5 Å². The Morgan fingerprint density at radius 2 is 1.75 bits per heavy atom. The van der Waals surface area contributed by atoms with Gasteiger partial charge in [0.15, 0.2) is 5.78 Å². The molecule has 1 aliphatic heterocycles. The fourth-order valence-corrected chi connectivity index (χ4v) is 4.02. The molecule has 28 heavy (non-hydrogen) atoms. The molecule has 1 atom stereocenters. The molecule has 6 nitrogen and oxygen atoms in total. The van der Waals surface area contributed by atoms with E-state index in [0.717, 1.165) is 0 Å². The molecule has 0 fully saturated rings. The first-order valence-corrected chi connectivity index (χ1v) is 9.05. The Balaban J connectivity index is 1.83. The number of hydrogen-bond donors (Lipinski definition) is 0. The molecule has 0 bridgehead atoms. The fourth-order valence-electron chi connectivity index (χ4n) is 4.02. The van der Waals surface area contributed by atoms with E-state index in [1.807, 2.05) is 0 Å². The molecule has 2 aromatic rings. The Morgan fingerprint density at radius 3 is 2.43 bits per heavy atom. The minimum Gasteiger partial charge on any atom is -0.294 e. The minimum absolute atomic E-state index is 0.0106. The number of carbonyl (C=O) groups excluding carboxylic acids is 2. The van der Waals surface area contributed by atoms with E-state index in [2.05, 4.69) is 0 Å². The average Bonchev–Trinajstić information content (AvgIpc) is 2.68. The maximum atomic E-state index is 14.4. The standard InChI is InChI=1S/C21H17FN2O4/c22-16-4-1-2-5-17(16)23-18-6-3-7-19(25)21(18)15(12-20(23)26)13-8-10-14(11-9-13)24(27)28/h1-2,4-5,8-11,15H,3,6-7,12H2/t15-/m1/s1. The van der Waals surface area contributed by atoms with Gasteiger partial charge in [-0.25, -0.2) is 4.39 Å². The Kier molecular flexibility index (Phi) is 4.50. The summed E-state index contributed by atoms with van der Waals surface area (Å²) >= 11 is 0. The molecule has 1 aliphatic carbocycles. The van der Waals surface area contributed by atoms with Gasteiger partial charge in [0.05, 0.1) is 10.6 Å². The van der Waals surface area contributed by atoms with Crippen LogP contribution >= 0.6 is 0 Å². The lowest BCUT2D eigenvalue weighted by Crippen LogP contribution is -2.41. The van der Waals surface area contributed by atoms with Crippen LogP contribution in [0.4, 0.5) is 15.8 Å². The van der Waals surface area contributed by atoms with Crippen LogP contribution < -0.4 is 4.90 Å². The summed E-state index contributed by atoms with van der Waals surface area (Å²) in [5, 5.41) is 10.9. The fraction of sp³-hybridized carbons (Fsp3) is 0.238. The molecule has 1 amide bonds. The molecule has 7 heteroatoms. The molecule has 1 heterocycles. The van der Waals surface area contributed by atoms with Crippen molar-refractivity contribution in [1.82, 2.24) is 0 Å². The van der Waals surface area contributed by atoms with E-state index in [0.29, 0.717) is 36.1 Å². The third kappa shape index (κ3) is 2.98. The first kappa shape index (κ1) is 18.0. The van der Waals surface area contributed by atoms with Gasteiger partial charge < -0.3 is 0 Å². The number of nitro groups is 1. The summed E-state index contributed by atoms with van der Waals surface area (Å²) in [5.74, 6) is -1.34. The maximum absolute atomic E-state index is 14.4. The highest BCUT2D eigenvalue weighted by molar-refractivity contribution is 6.07. The van der Waals surface area contributed by atoms with Gasteiger partial charge in [0, 0.05) is 42.2 Å². The molecule has 0 saturated carbocycles. The Bertz CT molecular complexity index is 1010. The number of allylic oxidation sites excluding steroid dienone is 2. The third-order valence-electron chi connectivity index (χ3n) is 5.27. The van der Waals surface area contributed by atoms with Gasteiger partial charge in [-0.05, 0) is 30.5 Å². The quantitative estimate of drug-likeness (QED) is 0.589. The molecule has 0 spiro atoms. The highest BCUT2D eigenvalue weighted by atomic mass is 19.1. The number of benzene rings is 2. The predicted molar refractivity (Wildman–Crippen MR) is 100 cm³/mol. The van der Waals surface area contributed by atoms with Crippen molar-refractivity contribution in [3.05, 3.63) is 81.3 Å². The minimum atomic E-state index is -0.519. The summed E-state index contributed by atoms with van der Waals surface area (Å²) in [6.45, 7) is 0. The zero-order chi connectivity index (χ0) is 19.8. The van der Waals surface area contributed by atoms with E-state index >= 15 is 0 Å². The summed E-state index contributed by atoms with van der Waals surface area (Å²) in [5.41, 5.74) is 1.83. The summed E-state index contributed by atoms with van der Waals surface area (Å²) in [7, 11) is 0. The van der Waals surface area contributed by atoms with Crippen LogP contribution in [0.3, 0.4) is 0 Å². The number of rotatable bonds is 3. The number of para-hydroxylation sites is 1. The second kappa shape index (κ2) is 6.99. The Hall–Kier alpha value is -3.35. The molecular formula is C21H17FN2O4. The number of halogens is 1. The van der Waals surface area contributed by atoms with Crippen LogP contribution in [-0.4, -0.2) is 16.6 Å². The van der Waals surface area contributed by atoms with Crippen LogP contribution in [0, 0.1) is 15.9 Å². The molecule has 4 rings (SSSR count). The van der Waals surface area contributed by atoms with Crippen LogP contribution in [0.2, 0.25) is 0 Å². The van der Waals surface area contributed by atoms with Gasteiger partial charge in [-0.15, -0.1) is 0 Å². The number of ketones is 1. The number of amides is 1. The van der Waals surface area contributed by atoms with E-state index in [1.54, 1.807) is 24.3 Å². The van der Waals surface area contributed by atoms with Gasteiger partial charge in [-0.2, -0.15) is 0 Å². The van der Waals surface area contributed by atoms with E-state index < -0.39 is 16.7 Å². The molecule has 0 N–H and O–H groups in total. The van der Waals surface area contributed by atoms with Crippen molar-refractivity contribution in [3.63, 3.8) is 0 Å². The predicted octanol–water partition coefficient (Wildman–Crippen LogP) is 4.26. The number of carbonyl (C=O) groups is 2. The van der Waals surface area contributed by atoms with Crippen molar-refractivity contribution in [2.24, 2.45) is 0 Å². The van der Waals surface area contributed by atoms with Crippen molar-refractivity contribution in [2.45, 2.75) is 31.6 Å². The van der Waals surface area contributed by atoms with E-state index in [1.165, 1.54) is 29.2 Å². The lowest BCUT2D eigenvalue weighted by Gasteiger charge is -2.38. The largest absolute Gasteiger partial charge is 0.294 e. The summed E-state index contributed by atoms with van der Waals surface area (Å²) < 4.78 is 14.4. The first-order chi connectivity index (χ1) is 13.5. The molecule has 0 aromatic heterocycles. The summed E-state index contributed by atoms with van der Waals surface area (Å²) in [4.78, 5) is 37.5. The molecule has 142 valence electrons. The normalized spacial score (nSPS) is 19.6. The number of nitro benzene ring substituents is 1. The molecular weight excluding hydrogens is 363 g/mol. The number of Topliss-reactive ketones (excluding diaryl/α,β-unsaturated/α-hetero) is 1. The molecule has 0 unspecified atom stereocenters. The summed E-state index contributed by atoms with van der Waals surface area (Å²) in [6.07, 6.45) is 1.49. The van der Waals surface area contributed by atoms with Gasteiger partial charge in [-0.1, -0.05) is 24.3 Å². The average molecular weight is 380 g/mol. The second-order valence-electron chi connectivity index (χ2n) is 6.92. The smallest absolute Gasteiger partial charge is 0.269 e. The van der Waals surface area contributed by atoms with E-state index in [-0.39, 0.29) is 29.5 Å². The van der Waals surface area contributed by atoms with Crippen molar-refractivity contribution in [3.8, 4) is 0 Å². The number of nitrogens with zero attached hydrogens (tertiary/aromatic N) is 2. The lowest BCUT2D eigenvalue weighted by molar-refractivity contribution is -0.384. The highest BCUT2D eigenvalue weighted by Crippen LogP contribution is 2.43. The SMILES string of the molecule is O=C1CCCC2=C1[C@@H](c1ccc([N+](=O)[O-])cc1)CC(=O)N2c1ccccc1F. The van der Waals surface area contributed by atoms with Crippen molar-refractivity contribution in [2.75, 3.05) is 4.90 Å². The molecule has 2 aromatic carbocycles. The third-order valence-corrected chi connectivity index (χ3v) is 5.27. The van der Waals surface area contributed by atoms with Gasteiger partial charge in [0.25, 0.3) is 5.69 Å². The molecule has 0 saturated heterocycles. The van der Waals surface area contributed by atoms with Crippen LogP contribution in [0.5, 0.6) is 0 Å². The van der Waals surface area contributed by atoms with Crippen molar-refractivity contribution < 1.29 is 18.9 Å². The monoisotopic (exact) mass is 380 g/mol.